The third kappa shape index (κ3) is 1.91. The summed E-state index contributed by atoms with van der Waals surface area (Å²) < 4.78 is 4.27. The summed E-state index contributed by atoms with van der Waals surface area (Å²) in [4.78, 5) is 31.6. The molecule has 9 nitrogen and oxygen atoms in total. The van der Waals surface area contributed by atoms with Gasteiger partial charge in [0.2, 0.25) is 0 Å². The number of aromatic nitrogens is 5. The quantitative estimate of drug-likeness (QED) is 0.418. The number of imidazole rings is 2. The molecule has 24 heavy (non-hydrogen) atoms. The van der Waals surface area contributed by atoms with Crippen molar-refractivity contribution in [3.63, 3.8) is 0 Å². The Balaban J connectivity index is 2.03. The van der Waals surface area contributed by atoms with Crippen LogP contribution in [-0.4, -0.2) is 28.4 Å². The van der Waals surface area contributed by atoms with Crippen LogP contribution in [0, 0.1) is 10.1 Å². The van der Waals surface area contributed by atoms with Crippen LogP contribution in [0.4, 0.5) is 5.82 Å². The number of fused-ring (bicyclic) bond motifs is 2. The molecule has 0 radical (unpaired) electrons. The third-order valence-corrected chi connectivity index (χ3v) is 3.95. The van der Waals surface area contributed by atoms with Crippen molar-refractivity contribution >= 4 is 22.8 Å². The fourth-order valence-electron chi connectivity index (χ4n) is 2.83. The lowest BCUT2D eigenvalue weighted by Gasteiger charge is -2.05. The zero-order chi connectivity index (χ0) is 16.8. The maximum atomic E-state index is 12.8. The SMILES string of the molecule is Cn1c2ncn(Cc3ccccc3)c2c(=O)n2c([N+](=O)[O-])cnc12. The minimum atomic E-state index is -0.620. The molecule has 0 aliphatic carbocycles. The van der Waals surface area contributed by atoms with E-state index in [0.29, 0.717) is 17.7 Å². The first-order valence-electron chi connectivity index (χ1n) is 7.17. The Morgan fingerprint density at radius 2 is 1.96 bits per heavy atom. The summed E-state index contributed by atoms with van der Waals surface area (Å²) in [5.74, 6) is -0.177. The molecule has 0 N–H and O–H groups in total. The first-order valence-corrected chi connectivity index (χ1v) is 7.17. The van der Waals surface area contributed by atoms with Crippen molar-refractivity contribution < 1.29 is 4.92 Å². The van der Waals surface area contributed by atoms with Gasteiger partial charge in [0.15, 0.2) is 11.2 Å². The van der Waals surface area contributed by atoms with Gasteiger partial charge in [0.25, 0.3) is 0 Å². The van der Waals surface area contributed by atoms with Crippen molar-refractivity contribution in [2.45, 2.75) is 6.54 Å². The normalized spacial score (nSPS) is 11.4. The number of aryl methyl sites for hydroxylation is 1. The Morgan fingerprint density at radius 1 is 1.21 bits per heavy atom. The molecule has 0 atom stereocenters. The van der Waals surface area contributed by atoms with Crippen LogP contribution >= 0.6 is 0 Å². The second-order valence-electron chi connectivity index (χ2n) is 5.40. The fraction of sp³-hybridized carbons (Fsp3) is 0.133. The lowest BCUT2D eigenvalue weighted by atomic mass is 10.2. The van der Waals surface area contributed by atoms with Crippen molar-refractivity contribution in [2.24, 2.45) is 7.05 Å². The molecule has 0 spiro atoms. The summed E-state index contributed by atoms with van der Waals surface area (Å²) >= 11 is 0. The molecule has 4 rings (SSSR count). The van der Waals surface area contributed by atoms with E-state index in [-0.39, 0.29) is 11.6 Å². The lowest BCUT2D eigenvalue weighted by molar-refractivity contribution is -0.390. The van der Waals surface area contributed by atoms with Crippen molar-refractivity contribution in [1.29, 1.82) is 0 Å². The second-order valence-corrected chi connectivity index (χ2v) is 5.40. The van der Waals surface area contributed by atoms with E-state index in [0.717, 1.165) is 16.2 Å². The van der Waals surface area contributed by atoms with Crippen LogP contribution in [-0.2, 0) is 13.6 Å². The van der Waals surface area contributed by atoms with E-state index in [2.05, 4.69) is 9.97 Å². The van der Waals surface area contributed by atoms with E-state index in [1.54, 1.807) is 22.5 Å². The highest BCUT2D eigenvalue weighted by atomic mass is 16.6. The molecule has 0 bridgehead atoms. The summed E-state index contributed by atoms with van der Waals surface area (Å²) in [6.45, 7) is 0.445. The van der Waals surface area contributed by atoms with Gasteiger partial charge in [-0.3, -0.25) is 4.57 Å². The highest BCUT2D eigenvalue weighted by molar-refractivity contribution is 5.73. The lowest BCUT2D eigenvalue weighted by Crippen LogP contribution is -2.21. The molecule has 4 aromatic rings. The smallest absolute Gasteiger partial charge is 0.358 e. The molecule has 0 unspecified atom stereocenters. The summed E-state index contributed by atoms with van der Waals surface area (Å²) in [6.07, 6.45) is 2.64. The van der Waals surface area contributed by atoms with Gasteiger partial charge in [-0.25, -0.2) is 9.78 Å². The number of benzene rings is 1. The maximum absolute atomic E-state index is 12.8. The van der Waals surface area contributed by atoms with Gasteiger partial charge in [-0.1, -0.05) is 30.3 Å². The zero-order valence-electron chi connectivity index (χ0n) is 12.7. The molecule has 9 heteroatoms. The van der Waals surface area contributed by atoms with Gasteiger partial charge in [0, 0.05) is 13.6 Å². The molecule has 1 aromatic carbocycles. The van der Waals surface area contributed by atoms with Gasteiger partial charge < -0.3 is 14.7 Å². The first-order chi connectivity index (χ1) is 11.6. The second kappa shape index (κ2) is 5.01. The van der Waals surface area contributed by atoms with Crippen LogP contribution in [0.25, 0.3) is 16.9 Å². The van der Waals surface area contributed by atoms with Gasteiger partial charge in [-0.05, 0) is 10.5 Å². The summed E-state index contributed by atoms with van der Waals surface area (Å²) in [5.41, 5.74) is 1.23. The Morgan fingerprint density at radius 3 is 2.67 bits per heavy atom. The number of rotatable bonds is 3. The van der Waals surface area contributed by atoms with Crippen LogP contribution in [0.2, 0.25) is 0 Å². The highest BCUT2D eigenvalue weighted by Gasteiger charge is 2.24. The summed E-state index contributed by atoms with van der Waals surface area (Å²) in [6, 6.07) is 9.60. The predicted octanol–water partition coefficient (Wildman–Crippen LogP) is 1.34. The van der Waals surface area contributed by atoms with Gasteiger partial charge in [-0.2, -0.15) is 4.98 Å². The van der Waals surface area contributed by atoms with Crippen LogP contribution in [0.15, 0.2) is 47.7 Å². The number of hydrogen-bond acceptors (Lipinski definition) is 5. The number of nitro groups is 1. The van der Waals surface area contributed by atoms with Crippen molar-refractivity contribution in [3.8, 4) is 0 Å². The molecule has 0 fully saturated rings. The van der Waals surface area contributed by atoms with E-state index in [1.165, 1.54) is 0 Å². The Bertz CT molecular complexity index is 1140. The summed E-state index contributed by atoms with van der Waals surface area (Å²) in [5, 5.41) is 11.2. The molecule has 3 heterocycles. The average molecular weight is 324 g/mol. The van der Waals surface area contributed by atoms with Gasteiger partial charge >= 0.3 is 17.2 Å². The standard InChI is InChI=1S/C15H12N6O3/c1-18-13-12(14(22)20-11(21(23)24)7-16-15(18)20)19(9-17-13)8-10-5-3-2-4-6-10/h2-7,9H,8H2,1H3. The molecule has 120 valence electrons. The number of nitrogens with zero attached hydrogens (tertiary/aromatic N) is 6. The third-order valence-electron chi connectivity index (χ3n) is 3.95. The molecular weight excluding hydrogens is 312 g/mol. The molecule has 0 amide bonds. The van der Waals surface area contributed by atoms with Crippen molar-refractivity contribution in [1.82, 2.24) is 23.5 Å². The molecule has 0 saturated carbocycles. The van der Waals surface area contributed by atoms with E-state index >= 15 is 0 Å². The topological polar surface area (TPSA) is 100 Å². The Labute approximate surface area is 134 Å². The van der Waals surface area contributed by atoms with Gasteiger partial charge in [0.05, 0.1) is 6.33 Å². The van der Waals surface area contributed by atoms with E-state index in [1.807, 2.05) is 30.3 Å². The number of hydrogen-bond donors (Lipinski definition) is 0. The zero-order valence-corrected chi connectivity index (χ0v) is 12.7. The minimum Gasteiger partial charge on any atom is -0.358 e. The van der Waals surface area contributed by atoms with Crippen molar-refractivity contribution in [3.05, 3.63) is 68.9 Å². The maximum Gasteiger partial charge on any atom is 0.369 e. The van der Waals surface area contributed by atoms with Crippen LogP contribution in [0.5, 0.6) is 0 Å². The fourth-order valence-corrected chi connectivity index (χ4v) is 2.83. The Hall–Kier alpha value is -3.49. The van der Waals surface area contributed by atoms with E-state index < -0.39 is 10.5 Å². The van der Waals surface area contributed by atoms with E-state index in [4.69, 9.17) is 0 Å². The first kappa shape index (κ1) is 14.1. The average Bonchev–Trinajstić information content (AvgIpc) is 3.18. The van der Waals surface area contributed by atoms with Gasteiger partial charge in [-0.15, -0.1) is 4.40 Å². The molecule has 0 aliphatic rings. The molecule has 0 aliphatic heterocycles. The molecular formula is C15H12N6O3. The predicted molar refractivity (Wildman–Crippen MR) is 85.9 cm³/mol. The monoisotopic (exact) mass is 324 g/mol. The largest absolute Gasteiger partial charge is 0.369 e. The highest BCUT2D eigenvalue weighted by Crippen LogP contribution is 2.17. The van der Waals surface area contributed by atoms with Crippen molar-refractivity contribution in [2.75, 3.05) is 0 Å². The minimum absolute atomic E-state index is 0.184. The molecule has 0 saturated heterocycles. The van der Waals surface area contributed by atoms with E-state index in [9.17, 15) is 14.9 Å². The van der Waals surface area contributed by atoms with Gasteiger partial charge in [0.1, 0.15) is 6.20 Å². The van der Waals surface area contributed by atoms with Crippen LogP contribution in [0.1, 0.15) is 5.56 Å². The van der Waals surface area contributed by atoms with Crippen LogP contribution in [0.3, 0.4) is 0 Å². The molecule has 3 aromatic heterocycles. The van der Waals surface area contributed by atoms with Crippen LogP contribution < -0.4 is 5.56 Å². The summed E-state index contributed by atoms with van der Waals surface area (Å²) in [7, 11) is 1.67. The Kier molecular flexibility index (Phi) is 2.95.